The Morgan fingerprint density at radius 2 is 1.91 bits per heavy atom. The smallest absolute Gasteiger partial charge is 0.341 e. The fourth-order valence-electron chi connectivity index (χ4n) is 3.77. The minimum absolute atomic E-state index is 0.142. The van der Waals surface area contributed by atoms with E-state index in [0.717, 1.165) is 40.4 Å². The predicted molar refractivity (Wildman–Crippen MR) is 144 cm³/mol. The Hall–Kier alpha value is -2.95. The van der Waals surface area contributed by atoms with E-state index in [1.54, 1.807) is 11.3 Å². The molecule has 0 fully saturated rings. The zero-order chi connectivity index (χ0) is 24.9. The molecule has 35 heavy (non-hydrogen) atoms. The van der Waals surface area contributed by atoms with E-state index in [1.165, 1.54) is 35.1 Å². The van der Waals surface area contributed by atoms with Gasteiger partial charge < -0.3 is 14.6 Å². The van der Waals surface area contributed by atoms with Crippen LogP contribution in [0, 0.1) is 13.8 Å². The molecule has 182 valence electrons. The van der Waals surface area contributed by atoms with E-state index in [-0.39, 0.29) is 11.7 Å². The van der Waals surface area contributed by atoms with Crippen molar-refractivity contribution in [1.82, 2.24) is 14.8 Å². The number of thioether (sulfide) groups is 1. The largest absolute Gasteiger partial charge is 0.465 e. The predicted octanol–water partition coefficient (Wildman–Crippen LogP) is 6.28. The number of rotatable bonds is 9. The van der Waals surface area contributed by atoms with Crippen LogP contribution in [0.25, 0.3) is 22.5 Å². The van der Waals surface area contributed by atoms with Crippen molar-refractivity contribution in [1.29, 1.82) is 0 Å². The van der Waals surface area contributed by atoms with Crippen LogP contribution in [0.3, 0.4) is 0 Å². The van der Waals surface area contributed by atoms with E-state index in [0.29, 0.717) is 15.7 Å². The van der Waals surface area contributed by atoms with Crippen LogP contribution in [0.5, 0.6) is 0 Å². The molecule has 10 heteroatoms. The van der Waals surface area contributed by atoms with Crippen LogP contribution in [-0.4, -0.2) is 39.5 Å². The molecule has 7 nitrogen and oxygen atoms in total. The van der Waals surface area contributed by atoms with Crippen molar-refractivity contribution in [3.8, 4) is 22.5 Å². The van der Waals surface area contributed by atoms with Crippen LogP contribution in [-0.2, 0) is 16.1 Å². The van der Waals surface area contributed by atoms with Crippen molar-refractivity contribution in [2.45, 2.75) is 38.9 Å². The third kappa shape index (κ3) is 5.50. The molecular formula is C25H26N4O3S3. The molecule has 4 aromatic rings. The first kappa shape index (κ1) is 25.2. The van der Waals surface area contributed by atoms with Gasteiger partial charge in [0.15, 0.2) is 11.0 Å². The molecule has 0 spiro atoms. The summed E-state index contributed by atoms with van der Waals surface area (Å²) in [5.41, 5.74) is 3.10. The third-order valence-electron chi connectivity index (χ3n) is 5.27. The molecule has 0 bridgehead atoms. The molecule has 3 heterocycles. The van der Waals surface area contributed by atoms with Crippen LogP contribution in [0.15, 0.2) is 46.9 Å². The van der Waals surface area contributed by atoms with Gasteiger partial charge in [-0.05, 0) is 31.9 Å². The molecule has 1 amide bonds. The average molecular weight is 527 g/mol. The summed E-state index contributed by atoms with van der Waals surface area (Å²) in [6, 6.07) is 11.7. The Morgan fingerprint density at radius 1 is 1.14 bits per heavy atom. The fourth-order valence-corrected chi connectivity index (χ4v) is 6.30. The van der Waals surface area contributed by atoms with Gasteiger partial charge >= 0.3 is 5.97 Å². The number of carbonyl (C=O) groups excluding carboxylic acids is 2. The van der Waals surface area contributed by atoms with Crippen molar-refractivity contribution in [2.75, 3.05) is 18.2 Å². The highest BCUT2D eigenvalue weighted by molar-refractivity contribution is 7.99. The number of nitrogens with zero attached hydrogens (tertiary/aromatic N) is 3. The van der Waals surface area contributed by atoms with Crippen molar-refractivity contribution in [3.05, 3.63) is 57.1 Å². The molecule has 0 aliphatic carbocycles. The minimum Gasteiger partial charge on any atom is -0.465 e. The van der Waals surface area contributed by atoms with Gasteiger partial charge in [-0.25, -0.2) is 4.79 Å². The van der Waals surface area contributed by atoms with Gasteiger partial charge in [0, 0.05) is 32.8 Å². The van der Waals surface area contributed by atoms with Gasteiger partial charge in [0.2, 0.25) is 5.91 Å². The van der Waals surface area contributed by atoms with Gasteiger partial charge in [0.1, 0.15) is 10.6 Å². The summed E-state index contributed by atoms with van der Waals surface area (Å²) < 4.78 is 7.10. The molecule has 0 aliphatic rings. The summed E-state index contributed by atoms with van der Waals surface area (Å²) in [6.45, 7) is 6.86. The lowest BCUT2D eigenvalue weighted by Crippen LogP contribution is -2.16. The summed E-state index contributed by atoms with van der Waals surface area (Å²) in [5, 5.41) is 14.9. The number of anilines is 1. The Morgan fingerprint density at radius 3 is 2.57 bits per heavy atom. The molecule has 3 aromatic heterocycles. The number of aryl methyl sites for hydroxylation is 2. The van der Waals surface area contributed by atoms with Crippen molar-refractivity contribution in [2.24, 2.45) is 0 Å². The molecule has 0 saturated carbocycles. The third-order valence-corrected chi connectivity index (χ3v) is 8.12. The topological polar surface area (TPSA) is 86.1 Å². The Bertz CT molecular complexity index is 1340. The SMILES string of the molecule is CCCn1c(SCC(=O)Nc2sc(C)c(-c3ccccc3)c2C(=O)OC)nnc1-c1csc(C)c1. The molecule has 0 unspecified atom stereocenters. The highest BCUT2D eigenvalue weighted by Gasteiger charge is 2.25. The lowest BCUT2D eigenvalue weighted by molar-refractivity contribution is -0.113. The maximum absolute atomic E-state index is 12.9. The summed E-state index contributed by atoms with van der Waals surface area (Å²) >= 11 is 4.38. The monoisotopic (exact) mass is 526 g/mol. The van der Waals surface area contributed by atoms with Gasteiger partial charge in [-0.3, -0.25) is 4.79 Å². The van der Waals surface area contributed by atoms with Gasteiger partial charge in [-0.1, -0.05) is 49.0 Å². The van der Waals surface area contributed by atoms with E-state index in [4.69, 9.17) is 4.74 Å². The van der Waals surface area contributed by atoms with E-state index in [9.17, 15) is 9.59 Å². The molecule has 4 rings (SSSR count). The Kier molecular flexibility index (Phi) is 8.04. The summed E-state index contributed by atoms with van der Waals surface area (Å²) in [5.74, 6) is 0.256. The second kappa shape index (κ2) is 11.2. The number of nitrogens with one attached hydrogen (secondary N) is 1. The summed E-state index contributed by atoms with van der Waals surface area (Å²) in [7, 11) is 1.35. The van der Waals surface area contributed by atoms with Crippen LogP contribution in [0.2, 0.25) is 0 Å². The Balaban J connectivity index is 1.54. The number of thiophene rings is 2. The molecule has 0 aliphatic heterocycles. The van der Waals surface area contributed by atoms with Crippen molar-refractivity contribution < 1.29 is 14.3 Å². The molecule has 0 saturated heterocycles. The van der Waals surface area contributed by atoms with Crippen LogP contribution in [0.1, 0.15) is 33.5 Å². The molecule has 0 atom stereocenters. The number of aromatic nitrogens is 3. The molecule has 1 aromatic carbocycles. The maximum atomic E-state index is 12.9. The second-order valence-electron chi connectivity index (χ2n) is 7.84. The summed E-state index contributed by atoms with van der Waals surface area (Å²) in [6.07, 6.45) is 0.924. The van der Waals surface area contributed by atoms with Gasteiger partial charge in [0.05, 0.1) is 12.9 Å². The van der Waals surface area contributed by atoms with E-state index in [1.807, 2.05) is 37.3 Å². The highest BCUT2D eigenvalue weighted by atomic mass is 32.2. The normalized spacial score (nSPS) is 11.0. The number of hydrogen-bond acceptors (Lipinski definition) is 8. The minimum atomic E-state index is -0.477. The quantitative estimate of drug-likeness (QED) is 0.204. The second-order valence-corrected chi connectivity index (χ2v) is 11.1. The van der Waals surface area contributed by atoms with E-state index in [2.05, 4.69) is 45.4 Å². The first-order valence-corrected chi connectivity index (χ1v) is 13.8. The maximum Gasteiger partial charge on any atom is 0.341 e. The molecule has 0 radical (unpaired) electrons. The fraction of sp³-hybridized carbons (Fsp3) is 0.280. The highest BCUT2D eigenvalue weighted by Crippen LogP contribution is 2.40. The van der Waals surface area contributed by atoms with Crippen LogP contribution >= 0.6 is 34.4 Å². The van der Waals surface area contributed by atoms with Gasteiger partial charge in [-0.15, -0.1) is 32.9 Å². The van der Waals surface area contributed by atoms with Gasteiger partial charge in [0.25, 0.3) is 0 Å². The average Bonchev–Trinajstić information content (AvgIpc) is 3.55. The van der Waals surface area contributed by atoms with Crippen molar-refractivity contribution >= 4 is 51.3 Å². The van der Waals surface area contributed by atoms with Crippen molar-refractivity contribution in [3.63, 3.8) is 0 Å². The zero-order valence-electron chi connectivity index (χ0n) is 20.0. The number of hydrogen-bond donors (Lipinski definition) is 1. The number of ether oxygens (including phenoxy) is 1. The number of methoxy groups -OCH3 is 1. The van der Waals surface area contributed by atoms with Crippen LogP contribution in [0.4, 0.5) is 5.00 Å². The Labute approximate surface area is 216 Å². The standard InChI is InChI=1S/C25H26N4O3S3/c1-5-11-29-22(18-12-15(2)33-13-18)27-28-25(29)34-14-19(30)26-23-21(24(31)32-4)20(16(3)35-23)17-9-7-6-8-10-17/h6-10,12-13H,5,11,14H2,1-4H3,(H,26,30). The van der Waals surface area contributed by atoms with E-state index < -0.39 is 5.97 Å². The number of esters is 1. The number of amides is 1. The molecular weight excluding hydrogens is 501 g/mol. The zero-order valence-corrected chi connectivity index (χ0v) is 22.4. The number of carbonyl (C=O) groups is 2. The lowest BCUT2D eigenvalue weighted by Gasteiger charge is -2.09. The van der Waals surface area contributed by atoms with Gasteiger partial charge in [-0.2, -0.15) is 0 Å². The van der Waals surface area contributed by atoms with Crippen LogP contribution < -0.4 is 5.32 Å². The first-order chi connectivity index (χ1) is 16.9. The lowest BCUT2D eigenvalue weighted by atomic mass is 10.0. The first-order valence-electron chi connectivity index (χ1n) is 11.1. The molecule has 1 N–H and O–H groups in total. The van der Waals surface area contributed by atoms with E-state index >= 15 is 0 Å². The summed E-state index contributed by atoms with van der Waals surface area (Å²) in [4.78, 5) is 27.7. The number of benzene rings is 1.